The lowest BCUT2D eigenvalue weighted by Gasteiger charge is -2.36. The van der Waals surface area contributed by atoms with Gasteiger partial charge in [0.05, 0.1) is 6.54 Å². The van der Waals surface area contributed by atoms with Gasteiger partial charge >= 0.3 is 0 Å². The van der Waals surface area contributed by atoms with Gasteiger partial charge < -0.3 is 15.1 Å². The average molecular weight is 418 g/mol. The normalized spacial score (nSPS) is 15.1. The second kappa shape index (κ2) is 9.74. The molecule has 1 heterocycles. The summed E-state index contributed by atoms with van der Waals surface area (Å²) in [6.07, 6.45) is 0.428. The molecule has 2 amide bonds. The van der Waals surface area contributed by atoms with Crippen LogP contribution in [0.15, 0.2) is 48.5 Å². The van der Waals surface area contributed by atoms with Crippen molar-refractivity contribution in [2.75, 3.05) is 37.6 Å². The minimum absolute atomic E-state index is 0.0206. The van der Waals surface area contributed by atoms with Gasteiger partial charge in [-0.15, -0.1) is 0 Å². The number of halogens is 2. The molecule has 1 aliphatic heterocycles. The molecule has 5 nitrogen and oxygen atoms in total. The van der Waals surface area contributed by atoms with Crippen molar-refractivity contribution in [3.05, 3.63) is 64.9 Å². The zero-order valence-corrected chi connectivity index (χ0v) is 17.2. The van der Waals surface area contributed by atoms with Crippen molar-refractivity contribution >= 4 is 29.1 Å². The van der Waals surface area contributed by atoms with Crippen molar-refractivity contribution in [1.82, 2.24) is 10.2 Å². The van der Waals surface area contributed by atoms with Crippen molar-refractivity contribution in [2.24, 2.45) is 5.92 Å². The van der Waals surface area contributed by atoms with Crippen LogP contribution < -0.4 is 10.2 Å². The molecule has 3 rings (SSSR count). The Bertz CT molecular complexity index is 851. The first kappa shape index (κ1) is 21.1. The largest absolute Gasteiger partial charge is 0.368 e. The molecule has 1 saturated heterocycles. The summed E-state index contributed by atoms with van der Waals surface area (Å²) in [5.41, 5.74) is 1.85. The van der Waals surface area contributed by atoms with Crippen molar-refractivity contribution < 1.29 is 14.0 Å². The number of rotatable bonds is 6. The first-order chi connectivity index (χ1) is 13.9. The smallest absolute Gasteiger partial charge is 0.242 e. The first-order valence-corrected chi connectivity index (χ1v) is 10.1. The Balaban J connectivity index is 1.42. The van der Waals surface area contributed by atoms with Gasteiger partial charge in [0.1, 0.15) is 5.82 Å². The number of carbonyl (C=O) groups excluding carboxylic acids is 2. The fourth-order valence-electron chi connectivity index (χ4n) is 3.42. The van der Waals surface area contributed by atoms with Gasteiger partial charge in [0, 0.05) is 42.8 Å². The van der Waals surface area contributed by atoms with E-state index in [1.54, 1.807) is 24.0 Å². The standard InChI is InChI=1S/C22H25ClFN3O2/c1-16(13-17-3-2-4-19(24)14-17)22(29)25-15-21(28)27-11-9-26(10-12-27)20-7-5-18(23)6-8-20/h2-8,14,16H,9-13,15H2,1H3,(H,25,29). The Hall–Kier alpha value is -2.60. The van der Waals surface area contributed by atoms with E-state index in [1.807, 2.05) is 24.3 Å². The lowest BCUT2D eigenvalue weighted by molar-refractivity contribution is -0.134. The van der Waals surface area contributed by atoms with Crippen molar-refractivity contribution in [3.63, 3.8) is 0 Å². The molecule has 0 spiro atoms. The van der Waals surface area contributed by atoms with E-state index in [1.165, 1.54) is 12.1 Å². The fraction of sp³-hybridized carbons (Fsp3) is 0.364. The van der Waals surface area contributed by atoms with Gasteiger partial charge in [-0.1, -0.05) is 30.7 Å². The van der Waals surface area contributed by atoms with Crippen LogP contribution in [0.1, 0.15) is 12.5 Å². The molecular weight excluding hydrogens is 393 g/mol. The molecule has 2 aromatic rings. The fourth-order valence-corrected chi connectivity index (χ4v) is 3.55. The lowest BCUT2D eigenvalue weighted by Crippen LogP contribution is -2.51. The molecule has 0 saturated carbocycles. The van der Waals surface area contributed by atoms with Gasteiger partial charge in [-0.2, -0.15) is 0 Å². The van der Waals surface area contributed by atoms with Crippen LogP contribution in [0.2, 0.25) is 5.02 Å². The van der Waals surface area contributed by atoms with Gasteiger partial charge in [-0.3, -0.25) is 9.59 Å². The van der Waals surface area contributed by atoms with Crippen LogP contribution >= 0.6 is 11.6 Å². The van der Waals surface area contributed by atoms with Crippen LogP contribution in [-0.2, 0) is 16.0 Å². The average Bonchev–Trinajstić information content (AvgIpc) is 2.72. The Kier molecular flexibility index (Phi) is 7.09. The van der Waals surface area contributed by atoms with E-state index in [2.05, 4.69) is 10.2 Å². The number of amides is 2. The van der Waals surface area contributed by atoms with E-state index in [-0.39, 0.29) is 30.1 Å². The van der Waals surface area contributed by atoms with Gasteiger partial charge in [0.25, 0.3) is 0 Å². The molecule has 0 aromatic heterocycles. The maximum Gasteiger partial charge on any atom is 0.242 e. The minimum atomic E-state index is -0.341. The quantitative estimate of drug-likeness (QED) is 0.785. The summed E-state index contributed by atoms with van der Waals surface area (Å²) in [7, 11) is 0. The number of benzene rings is 2. The monoisotopic (exact) mass is 417 g/mol. The second-order valence-electron chi connectivity index (χ2n) is 7.30. The number of hydrogen-bond donors (Lipinski definition) is 1. The number of carbonyl (C=O) groups is 2. The van der Waals surface area contributed by atoms with Crippen molar-refractivity contribution in [3.8, 4) is 0 Å². The molecule has 1 fully saturated rings. The molecule has 154 valence electrons. The van der Waals surface area contributed by atoms with Crippen LogP contribution in [-0.4, -0.2) is 49.4 Å². The third-order valence-electron chi connectivity index (χ3n) is 5.12. The third kappa shape index (κ3) is 5.94. The second-order valence-corrected chi connectivity index (χ2v) is 7.73. The molecule has 0 aliphatic carbocycles. The van der Waals surface area contributed by atoms with Gasteiger partial charge in [0.15, 0.2) is 0 Å². The SMILES string of the molecule is CC(Cc1cccc(F)c1)C(=O)NCC(=O)N1CCN(c2ccc(Cl)cc2)CC1. The highest BCUT2D eigenvalue weighted by molar-refractivity contribution is 6.30. The molecule has 1 unspecified atom stereocenters. The predicted octanol–water partition coefficient (Wildman–Crippen LogP) is 3.12. The highest BCUT2D eigenvalue weighted by atomic mass is 35.5. The Morgan fingerprint density at radius 1 is 1.10 bits per heavy atom. The zero-order valence-electron chi connectivity index (χ0n) is 16.4. The van der Waals surface area contributed by atoms with E-state index >= 15 is 0 Å². The number of hydrogen-bond acceptors (Lipinski definition) is 3. The number of piperazine rings is 1. The summed E-state index contributed by atoms with van der Waals surface area (Å²) in [5, 5.41) is 3.41. The zero-order chi connectivity index (χ0) is 20.8. The number of anilines is 1. The lowest BCUT2D eigenvalue weighted by atomic mass is 10.0. The molecule has 1 atom stereocenters. The summed E-state index contributed by atoms with van der Waals surface area (Å²) < 4.78 is 13.3. The minimum Gasteiger partial charge on any atom is -0.368 e. The summed E-state index contributed by atoms with van der Waals surface area (Å²) in [6, 6.07) is 13.9. The third-order valence-corrected chi connectivity index (χ3v) is 5.37. The Labute approximate surface area is 175 Å². The maximum atomic E-state index is 13.3. The molecule has 0 bridgehead atoms. The van der Waals surface area contributed by atoms with Crippen LogP contribution in [0.25, 0.3) is 0 Å². The van der Waals surface area contributed by atoms with Gasteiger partial charge in [0.2, 0.25) is 11.8 Å². The molecule has 1 N–H and O–H groups in total. The number of nitrogens with one attached hydrogen (secondary N) is 1. The van der Waals surface area contributed by atoms with Crippen molar-refractivity contribution in [1.29, 1.82) is 0 Å². The van der Waals surface area contributed by atoms with E-state index in [9.17, 15) is 14.0 Å². The van der Waals surface area contributed by atoms with E-state index in [4.69, 9.17) is 11.6 Å². The van der Waals surface area contributed by atoms with E-state index < -0.39 is 0 Å². The first-order valence-electron chi connectivity index (χ1n) is 9.73. The summed E-state index contributed by atoms with van der Waals surface area (Å²) in [4.78, 5) is 28.7. The van der Waals surface area contributed by atoms with Crippen LogP contribution in [0.3, 0.4) is 0 Å². The van der Waals surface area contributed by atoms with E-state index in [0.717, 1.165) is 24.3 Å². The topological polar surface area (TPSA) is 52.7 Å². The van der Waals surface area contributed by atoms with Crippen LogP contribution in [0.5, 0.6) is 0 Å². The van der Waals surface area contributed by atoms with Crippen LogP contribution in [0, 0.1) is 11.7 Å². The van der Waals surface area contributed by atoms with Crippen molar-refractivity contribution in [2.45, 2.75) is 13.3 Å². The highest BCUT2D eigenvalue weighted by Gasteiger charge is 2.22. The summed E-state index contributed by atoms with van der Waals surface area (Å²) in [6.45, 7) is 4.43. The molecule has 2 aromatic carbocycles. The summed E-state index contributed by atoms with van der Waals surface area (Å²) >= 11 is 5.93. The molecule has 7 heteroatoms. The molecular formula is C22H25ClFN3O2. The Morgan fingerprint density at radius 3 is 2.45 bits per heavy atom. The molecule has 29 heavy (non-hydrogen) atoms. The molecule has 1 aliphatic rings. The van der Waals surface area contributed by atoms with Gasteiger partial charge in [-0.05, 0) is 48.4 Å². The van der Waals surface area contributed by atoms with Crippen LogP contribution in [0.4, 0.5) is 10.1 Å². The summed E-state index contributed by atoms with van der Waals surface area (Å²) in [5.74, 6) is -0.955. The van der Waals surface area contributed by atoms with E-state index in [0.29, 0.717) is 24.5 Å². The predicted molar refractivity (Wildman–Crippen MR) is 113 cm³/mol. The Morgan fingerprint density at radius 2 is 1.79 bits per heavy atom. The number of nitrogens with zero attached hydrogens (tertiary/aromatic N) is 2. The molecule has 0 radical (unpaired) electrons. The van der Waals surface area contributed by atoms with Gasteiger partial charge in [-0.25, -0.2) is 4.39 Å². The highest BCUT2D eigenvalue weighted by Crippen LogP contribution is 2.19. The maximum absolute atomic E-state index is 13.3.